The Morgan fingerprint density at radius 2 is 2.00 bits per heavy atom. The highest BCUT2D eigenvalue weighted by Crippen LogP contribution is 2.51. The summed E-state index contributed by atoms with van der Waals surface area (Å²) >= 11 is 0. The molecule has 0 unspecified atom stereocenters. The lowest BCUT2D eigenvalue weighted by atomic mass is 9.76. The van der Waals surface area contributed by atoms with Gasteiger partial charge in [0.1, 0.15) is 0 Å². The molecule has 0 radical (unpaired) electrons. The third-order valence-electron chi connectivity index (χ3n) is 4.92. The van der Waals surface area contributed by atoms with Crippen LogP contribution in [0.4, 0.5) is 0 Å². The minimum atomic E-state index is 0.329. The lowest BCUT2D eigenvalue weighted by molar-refractivity contribution is 0.174. The van der Waals surface area contributed by atoms with Crippen molar-refractivity contribution in [2.24, 2.45) is 0 Å². The highest BCUT2D eigenvalue weighted by Gasteiger charge is 2.31. The first kappa shape index (κ1) is 14.6. The van der Waals surface area contributed by atoms with E-state index in [-0.39, 0.29) is 0 Å². The Labute approximate surface area is 137 Å². The summed E-state index contributed by atoms with van der Waals surface area (Å²) in [5.41, 5.74) is 6.85. The van der Waals surface area contributed by atoms with E-state index in [1.54, 1.807) is 0 Å². The van der Waals surface area contributed by atoms with E-state index in [0.29, 0.717) is 12.7 Å². The molecule has 0 fully saturated rings. The van der Waals surface area contributed by atoms with E-state index >= 15 is 0 Å². The Morgan fingerprint density at radius 3 is 2.83 bits per heavy atom. The molecule has 3 nitrogen and oxygen atoms in total. The van der Waals surface area contributed by atoms with Crippen molar-refractivity contribution in [2.45, 2.75) is 25.7 Å². The van der Waals surface area contributed by atoms with Gasteiger partial charge in [0.05, 0.1) is 0 Å². The number of nitrogens with zero attached hydrogens (tertiary/aromatic N) is 1. The van der Waals surface area contributed by atoms with Crippen molar-refractivity contribution in [3.63, 3.8) is 0 Å². The first-order valence-corrected chi connectivity index (χ1v) is 8.33. The molecule has 0 amide bonds. The van der Waals surface area contributed by atoms with Gasteiger partial charge in [-0.2, -0.15) is 0 Å². The van der Waals surface area contributed by atoms with Crippen molar-refractivity contribution >= 4 is 0 Å². The van der Waals surface area contributed by atoms with Gasteiger partial charge in [-0.1, -0.05) is 31.2 Å². The first-order valence-electron chi connectivity index (χ1n) is 8.33. The summed E-state index contributed by atoms with van der Waals surface area (Å²) in [7, 11) is 4.25. The Hall–Kier alpha value is -2.00. The molecule has 23 heavy (non-hydrogen) atoms. The van der Waals surface area contributed by atoms with Crippen molar-refractivity contribution in [3.05, 3.63) is 47.0 Å². The van der Waals surface area contributed by atoms with E-state index in [4.69, 9.17) is 9.47 Å². The Kier molecular flexibility index (Phi) is 3.53. The standard InChI is InChI=1S/C20H23NO2/c1-13-10-14-6-4-5-7-16(14)19-18(13)15(8-9-21(2)3)11-17-20(19)23-12-22-17/h4-7,11,13H,8-10,12H2,1-3H3/t13-/m1/s1. The number of likely N-dealkylation sites (N-methyl/N-ethyl adjacent to an activating group) is 1. The molecule has 3 heteroatoms. The Morgan fingerprint density at radius 1 is 1.17 bits per heavy atom. The zero-order chi connectivity index (χ0) is 16.0. The van der Waals surface area contributed by atoms with Gasteiger partial charge in [0, 0.05) is 12.1 Å². The van der Waals surface area contributed by atoms with E-state index in [0.717, 1.165) is 30.9 Å². The largest absolute Gasteiger partial charge is 0.454 e. The highest BCUT2D eigenvalue weighted by atomic mass is 16.7. The number of fused-ring (bicyclic) bond motifs is 5. The summed E-state index contributed by atoms with van der Waals surface area (Å²) in [6.07, 6.45) is 2.14. The lowest BCUT2D eigenvalue weighted by Crippen LogP contribution is -2.18. The maximum Gasteiger partial charge on any atom is 0.231 e. The zero-order valence-electron chi connectivity index (χ0n) is 14.1. The molecule has 1 aliphatic heterocycles. The van der Waals surface area contributed by atoms with Crippen molar-refractivity contribution in [2.75, 3.05) is 27.4 Å². The number of ether oxygens (including phenoxy) is 2. The molecule has 120 valence electrons. The van der Waals surface area contributed by atoms with E-state index in [1.807, 2.05) is 0 Å². The van der Waals surface area contributed by atoms with Gasteiger partial charge in [-0.05, 0) is 61.2 Å². The van der Waals surface area contributed by atoms with Crippen LogP contribution in [-0.2, 0) is 12.8 Å². The predicted octanol–water partition coefficient (Wildman–Crippen LogP) is 3.85. The fourth-order valence-corrected chi connectivity index (χ4v) is 3.87. The average molecular weight is 309 g/mol. The van der Waals surface area contributed by atoms with Gasteiger partial charge in [0.25, 0.3) is 0 Å². The van der Waals surface area contributed by atoms with Crippen LogP contribution in [0.5, 0.6) is 11.5 Å². The molecule has 0 saturated carbocycles. The molecule has 2 aliphatic rings. The van der Waals surface area contributed by atoms with Crippen LogP contribution in [0.25, 0.3) is 11.1 Å². The molecular formula is C20H23NO2. The summed E-state index contributed by atoms with van der Waals surface area (Å²) in [6, 6.07) is 10.9. The highest BCUT2D eigenvalue weighted by molar-refractivity contribution is 5.83. The molecule has 0 bridgehead atoms. The van der Waals surface area contributed by atoms with Gasteiger partial charge in [-0.3, -0.25) is 0 Å². The van der Waals surface area contributed by atoms with Gasteiger partial charge < -0.3 is 14.4 Å². The van der Waals surface area contributed by atoms with Crippen LogP contribution in [0.2, 0.25) is 0 Å². The summed E-state index contributed by atoms with van der Waals surface area (Å²) in [4.78, 5) is 2.23. The normalized spacial score (nSPS) is 18.0. The summed E-state index contributed by atoms with van der Waals surface area (Å²) in [6.45, 7) is 3.70. The average Bonchev–Trinajstić information content (AvgIpc) is 3.00. The quantitative estimate of drug-likeness (QED) is 0.859. The number of hydrogen-bond acceptors (Lipinski definition) is 3. The number of hydrogen-bond donors (Lipinski definition) is 0. The van der Waals surface area contributed by atoms with Crippen molar-refractivity contribution in [3.8, 4) is 22.6 Å². The zero-order valence-corrected chi connectivity index (χ0v) is 14.1. The Bertz CT molecular complexity index is 752. The fraction of sp³-hybridized carbons (Fsp3) is 0.400. The lowest BCUT2D eigenvalue weighted by Gasteiger charge is -2.29. The topological polar surface area (TPSA) is 21.7 Å². The molecule has 0 aromatic heterocycles. The smallest absolute Gasteiger partial charge is 0.231 e. The second kappa shape index (κ2) is 5.57. The second-order valence-corrected chi connectivity index (χ2v) is 6.87. The van der Waals surface area contributed by atoms with Crippen molar-refractivity contribution in [1.29, 1.82) is 0 Å². The monoisotopic (exact) mass is 309 g/mol. The fourth-order valence-electron chi connectivity index (χ4n) is 3.87. The van der Waals surface area contributed by atoms with E-state index in [9.17, 15) is 0 Å². The molecule has 0 saturated heterocycles. The maximum atomic E-state index is 5.85. The van der Waals surface area contributed by atoms with Crippen LogP contribution >= 0.6 is 0 Å². The van der Waals surface area contributed by atoms with Crippen LogP contribution in [0.3, 0.4) is 0 Å². The van der Waals surface area contributed by atoms with E-state index in [1.165, 1.54) is 27.8 Å². The maximum absolute atomic E-state index is 5.85. The molecule has 2 aromatic rings. The third kappa shape index (κ3) is 2.40. The van der Waals surface area contributed by atoms with E-state index in [2.05, 4.69) is 56.3 Å². The van der Waals surface area contributed by atoms with Gasteiger partial charge in [0.15, 0.2) is 11.5 Å². The molecule has 4 rings (SSSR count). The molecule has 1 atom stereocenters. The SMILES string of the molecule is C[C@@H]1Cc2ccccc2-c2c3c(cc(CCN(C)C)c21)OCO3. The summed E-state index contributed by atoms with van der Waals surface area (Å²) in [5.74, 6) is 2.35. The molecule has 0 spiro atoms. The van der Waals surface area contributed by atoms with Crippen LogP contribution in [-0.4, -0.2) is 32.3 Å². The molecule has 1 heterocycles. The van der Waals surface area contributed by atoms with Gasteiger partial charge in [-0.15, -0.1) is 0 Å². The number of benzene rings is 2. The molecule has 0 N–H and O–H groups in total. The molecular weight excluding hydrogens is 286 g/mol. The third-order valence-corrected chi connectivity index (χ3v) is 4.92. The van der Waals surface area contributed by atoms with Gasteiger partial charge >= 0.3 is 0 Å². The number of rotatable bonds is 3. The van der Waals surface area contributed by atoms with Gasteiger partial charge in [0.2, 0.25) is 6.79 Å². The first-order chi connectivity index (χ1) is 11.1. The summed E-state index contributed by atoms with van der Waals surface area (Å²) in [5, 5.41) is 0. The Balaban J connectivity index is 1.93. The minimum Gasteiger partial charge on any atom is -0.454 e. The predicted molar refractivity (Wildman–Crippen MR) is 92.4 cm³/mol. The van der Waals surface area contributed by atoms with Crippen molar-refractivity contribution < 1.29 is 9.47 Å². The van der Waals surface area contributed by atoms with E-state index < -0.39 is 0 Å². The minimum absolute atomic E-state index is 0.329. The van der Waals surface area contributed by atoms with Crippen LogP contribution in [0.1, 0.15) is 29.5 Å². The second-order valence-electron chi connectivity index (χ2n) is 6.87. The molecule has 1 aliphatic carbocycles. The van der Waals surface area contributed by atoms with Crippen LogP contribution in [0, 0.1) is 0 Å². The molecule has 2 aromatic carbocycles. The summed E-state index contributed by atoms with van der Waals surface area (Å²) < 4.78 is 11.6. The van der Waals surface area contributed by atoms with Crippen LogP contribution in [0.15, 0.2) is 30.3 Å². The van der Waals surface area contributed by atoms with Crippen molar-refractivity contribution in [1.82, 2.24) is 4.90 Å². The van der Waals surface area contributed by atoms with Crippen LogP contribution < -0.4 is 9.47 Å². The van der Waals surface area contributed by atoms with Gasteiger partial charge in [-0.25, -0.2) is 0 Å².